The summed E-state index contributed by atoms with van der Waals surface area (Å²) in [5.74, 6) is 2.46. The topological polar surface area (TPSA) is 90.3 Å². The van der Waals surface area contributed by atoms with Crippen LogP contribution < -0.4 is 5.73 Å². The van der Waals surface area contributed by atoms with E-state index in [-0.39, 0.29) is 12.2 Å². The number of hydrogen-bond acceptors (Lipinski definition) is 7. The maximum Gasteiger partial charge on any atom is 0.257 e. The maximum absolute atomic E-state index is 6.00. The molecule has 4 rings (SSSR count). The third-order valence-electron chi connectivity index (χ3n) is 4.26. The molecule has 2 aromatic heterocycles. The van der Waals surface area contributed by atoms with Gasteiger partial charge in [0.15, 0.2) is 5.82 Å². The molecule has 0 aromatic carbocycles. The van der Waals surface area contributed by atoms with E-state index >= 15 is 0 Å². The molecule has 1 saturated carbocycles. The molecule has 1 aliphatic heterocycles. The largest absolute Gasteiger partial charge is 0.384 e. The van der Waals surface area contributed by atoms with Gasteiger partial charge in [0.25, 0.3) is 5.89 Å². The quantitative estimate of drug-likeness (QED) is 0.921. The molecule has 1 aliphatic carbocycles. The van der Waals surface area contributed by atoms with Crippen LogP contribution >= 0.6 is 0 Å². The molecule has 2 aromatic rings. The molecule has 2 fully saturated rings. The van der Waals surface area contributed by atoms with Crippen molar-refractivity contribution in [1.29, 1.82) is 0 Å². The first-order valence-electron chi connectivity index (χ1n) is 8.09. The molecule has 2 aliphatic rings. The lowest BCUT2D eigenvalue weighted by Gasteiger charge is -2.35. The number of pyridine rings is 1. The van der Waals surface area contributed by atoms with E-state index < -0.39 is 0 Å². The van der Waals surface area contributed by atoms with Gasteiger partial charge < -0.3 is 15.0 Å². The second-order valence-corrected chi connectivity index (χ2v) is 6.48. The first-order chi connectivity index (χ1) is 11.2. The van der Waals surface area contributed by atoms with Gasteiger partial charge in [0.05, 0.1) is 6.10 Å². The van der Waals surface area contributed by atoms with E-state index in [1.807, 2.05) is 12.1 Å². The van der Waals surface area contributed by atoms with Crippen molar-refractivity contribution in [2.75, 3.05) is 18.8 Å². The minimum atomic E-state index is -0.169. The maximum atomic E-state index is 6.00. The summed E-state index contributed by atoms with van der Waals surface area (Å²) in [4.78, 5) is 10.9. The van der Waals surface area contributed by atoms with Crippen molar-refractivity contribution in [2.24, 2.45) is 0 Å². The Morgan fingerprint density at radius 3 is 3.00 bits per heavy atom. The molecule has 0 spiro atoms. The van der Waals surface area contributed by atoms with Gasteiger partial charge in [-0.15, -0.1) is 0 Å². The summed E-state index contributed by atoms with van der Waals surface area (Å²) in [5.41, 5.74) is 6.91. The predicted molar refractivity (Wildman–Crippen MR) is 83.5 cm³/mol. The third-order valence-corrected chi connectivity index (χ3v) is 4.26. The molecule has 0 unspecified atom stereocenters. The van der Waals surface area contributed by atoms with Gasteiger partial charge in [0, 0.05) is 31.7 Å². The molecule has 2 N–H and O–H groups in total. The standard InChI is InChI=1S/C16H21N5O2/c1-10-7-21(8-11-4-5-18-14(17)6-11)9-13(22-10)16-19-15(20-23-16)12-2-3-12/h4-6,10,12-13H,2-3,7-9H2,1H3,(H2,17,18)/t10-,13-/m1/s1. The van der Waals surface area contributed by atoms with E-state index in [4.69, 9.17) is 15.0 Å². The highest BCUT2D eigenvalue weighted by Gasteiger charge is 2.33. The van der Waals surface area contributed by atoms with Crippen LogP contribution in [0, 0.1) is 0 Å². The molecule has 122 valence electrons. The highest BCUT2D eigenvalue weighted by molar-refractivity contribution is 5.31. The van der Waals surface area contributed by atoms with Crippen molar-refractivity contribution in [2.45, 2.75) is 44.4 Å². The minimum absolute atomic E-state index is 0.115. The molecule has 3 heterocycles. The fraction of sp³-hybridized carbons (Fsp3) is 0.562. The molecule has 23 heavy (non-hydrogen) atoms. The predicted octanol–water partition coefficient (Wildman–Crippen LogP) is 1.89. The number of anilines is 1. The fourth-order valence-corrected chi connectivity index (χ4v) is 3.04. The van der Waals surface area contributed by atoms with Crippen molar-refractivity contribution in [3.05, 3.63) is 35.6 Å². The van der Waals surface area contributed by atoms with E-state index in [0.29, 0.717) is 17.6 Å². The lowest BCUT2D eigenvalue weighted by Crippen LogP contribution is -2.42. The van der Waals surface area contributed by atoms with Gasteiger partial charge >= 0.3 is 0 Å². The Balaban J connectivity index is 1.46. The summed E-state index contributed by atoms with van der Waals surface area (Å²) in [6.45, 7) is 4.47. The van der Waals surface area contributed by atoms with Gasteiger partial charge in [-0.05, 0) is 37.5 Å². The normalized spacial score (nSPS) is 25.6. The monoisotopic (exact) mass is 315 g/mol. The Labute approximate surface area is 134 Å². The van der Waals surface area contributed by atoms with Crippen LogP contribution in [0.15, 0.2) is 22.9 Å². The van der Waals surface area contributed by atoms with Gasteiger partial charge in [0.1, 0.15) is 11.9 Å². The molecular weight excluding hydrogens is 294 g/mol. The number of hydrogen-bond donors (Lipinski definition) is 1. The number of rotatable bonds is 4. The summed E-state index contributed by atoms with van der Waals surface area (Å²) in [5, 5.41) is 4.09. The Bertz CT molecular complexity index is 685. The molecule has 0 radical (unpaired) electrons. The Morgan fingerprint density at radius 1 is 1.35 bits per heavy atom. The Hall–Kier alpha value is -1.99. The van der Waals surface area contributed by atoms with Gasteiger partial charge in [-0.3, -0.25) is 4.90 Å². The molecule has 0 amide bonds. The summed E-state index contributed by atoms with van der Waals surface area (Å²) in [6, 6.07) is 3.90. The van der Waals surface area contributed by atoms with Crippen LogP contribution in [0.25, 0.3) is 0 Å². The Kier molecular flexibility index (Phi) is 3.74. The van der Waals surface area contributed by atoms with Crippen LogP contribution in [0.4, 0.5) is 5.82 Å². The molecule has 7 heteroatoms. The van der Waals surface area contributed by atoms with Crippen molar-refractivity contribution >= 4 is 5.82 Å². The summed E-state index contributed by atoms with van der Waals surface area (Å²) in [6.07, 6.45) is 4.01. The first kappa shape index (κ1) is 14.6. The van der Waals surface area contributed by atoms with E-state index in [1.54, 1.807) is 6.20 Å². The van der Waals surface area contributed by atoms with Crippen LogP contribution in [0.3, 0.4) is 0 Å². The van der Waals surface area contributed by atoms with Crippen LogP contribution in [0.1, 0.15) is 49.1 Å². The number of nitrogens with zero attached hydrogens (tertiary/aromatic N) is 4. The zero-order valence-electron chi connectivity index (χ0n) is 13.2. The smallest absolute Gasteiger partial charge is 0.257 e. The molecular formula is C16H21N5O2. The molecule has 1 saturated heterocycles. The number of morpholine rings is 1. The summed E-state index contributed by atoms with van der Waals surface area (Å²) >= 11 is 0. The van der Waals surface area contributed by atoms with E-state index in [9.17, 15) is 0 Å². The number of nitrogen functional groups attached to an aromatic ring is 1. The zero-order chi connectivity index (χ0) is 15.8. The minimum Gasteiger partial charge on any atom is -0.384 e. The van der Waals surface area contributed by atoms with Gasteiger partial charge in [-0.2, -0.15) is 4.98 Å². The van der Waals surface area contributed by atoms with Crippen LogP contribution in [0.2, 0.25) is 0 Å². The molecule has 7 nitrogen and oxygen atoms in total. The highest BCUT2D eigenvalue weighted by atomic mass is 16.5. The van der Waals surface area contributed by atoms with Crippen LogP contribution in [-0.2, 0) is 11.3 Å². The average Bonchev–Trinajstić information content (AvgIpc) is 3.24. The fourth-order valence-electron chi connectivity index (χ4n) is 3.04. The first-order valence-corrected chi connectivity index (χ1v) is 8.09. The number of aromatic nitrogens is 3. The van der Waals surface area contributed by atoms with Crippen molar-refractivity contribution < 1.29 is 9.26 Å². The van der Waals surface area contributed by atoms with E-state index in [2.05, 4.69) is 26.9 Å². The average molecular weight is 315 g/mol. The van der Waals surface area contributed by atoms with Crippen LogP contribution in [0.5, 0.6) is 0 Å². The highest BCUT2D eigenvalue weighted by Crippen LogP contribution is 2.39. The number of nitrogens with two attached hydrogens (primary N) is 1. The SMILES string of the molecule is C[C@@H]1CN(Cc2ccnc(N)c2)C[C@H](c2nc(C3CC3)no2)O1. The van der Waals surface area contributed by atoms with Crippen LogP contribution in [-0.4, -0.2) is 39.2 Å². The Morgan fingerprint density at radius 2 is 2.22 bits per heavy atom. The van der Waals surface area contributed by atoms with Crippen molar-refractivity contribution in [3.63, 3.8) is 0 Å². The molecule has 2 atom stereocenters. The molecule has 0 bridgehead atoms. The van der Waals surface area contributed by atoms with E-state index in [0.717, 1.165) is 43.9 Å². The lowest BCUT2D eigenvalue weighted by molar-refractivity contribution is -0.0930. The van der Waals surface area contributed by atoms with Gasteiger partial charge in [0.2, 0.25) is 0 Å². The third kappa shape index (κ3) is 3.35. The second-order valence-electron chi connectivity index (χ2n) is 6.48. The second kappa shape index (κ2) is 5.90. The van der Waals surface area contributed by atoms with E-state index in [1.165, 1.54) is 0 Å². The van der Waals surface area contributed by atoms with Gasteiger partial charge in [-0.1, -0.05) is 5.16 Å². The van der Waals surface area contributed by atoms with Crippen molar-refractivity contribution in [3.8, 4) is 0 Å². The van der Waals surface area contributed by atoms with Crippen molar-refractivity contribution in [1.82, 2.24) is 20.0 Å². The zero-order valence-corrected chi connectivity index (χ0v) is 13.2. The summed E-state index contributed by atoms with van der Waals surface area (Å²) < 4.78 is 11.4. The summed E-state index contributed by atoms with van der Waals surface area (Å²) in [7, 11) is 0. The van der Waals surface area contributed by atoms with Gasteiger partial charge in [-0.25, -0.2) is 4.98 Å². The number of ether oxygens (including phenoxy) is 1. The lowest BCUT2D eigenvalue weighted by atomic mass is 10.1.